The van der Waals surface area contributed by atoms with Crippen molar-refractivity contribution in [3.8, 4) is 0 Å². The highest BCUT2D eigenvalue weighted by Crippen LogP contribution is 2.31. The van der Waals surface area contributed by atoms with Crippen LogP contribution in [-0.2, 0) is 4.79 Å². The Morgan fingerprint density at radius 2 is 1.81 bits per heavy atom. The fourth-order valence-corrected chi connectivity index (χ4v) is 3.69. The summed E-state index contributed by atoms with van der Waals surface area (Å²) in [6, 6.07) is 0.649. The van der Waals surface area contributed by atoms with Crippen LogP contribution in [0.5, 0.6) is 0 Å². The first kappa shape index (κ1) is 10.6. The van der Waals surface area contributed by atoms with Gasteiger partial charge in [0.25, 0.3) is 0 Å². The van der Waals surface area contributed by atoms with Crippen LogP contribution in [0.4, 0.5) is 0 Å². The van der Waals surface area contributed by atoms with Crippen molar-refractivity contribution in [1.82, 2.24) is 10.2 Å². The second-order valence-corrected chi connectivity index (χ2v) is 5.61. The minimum Gasteiger partial charge on any atom is -0.337 e. The molecule has 2 heterocycles. The number of amides is 1. The van der Waals surface area contributed by atoms with E-state index in [0.29, 0.717) is 17.9 Å². The molecule has 0 aromatic heterocycles. The summed E-state index contributed by atoms with van der Waals surface area (Å²) in [4.78, 5) is 14.6. The Hall–Kier alpha value is -0.570. The van der Waals surface area contributed by atoms with E-state index in [-0.39, 0.29) is 6.04 Å². The number of piperazine rings is 1. The summed E-state index contributed by atoms with van der Waals surface area (Å²) < 4.78 is 0. The molecule has 0 spiro atoms. The summed E-state index contributed by atoms with van der Waals surface area (Å²) in [7, 11) is 0. The number of piperidine rings is 1. The molecule has 3 heteroatoms. The molecule has 1 aliphatic carbocycles. The zero-order valence-electron chi connectivity index (χ0n) is 9.95. The van der Waals surface area contributed by atoms with E-state index in [1.54, 1.807) is 0 Å². The number of nitrogens with zero attached hydrogens (tertiary/aromatic N) is 1. The molecule has 3 nitrogen and oxygen atoms in total. The number of carbonyl (C=O) groups excluding carboxylic acids is 1. The summed E-state index contributed by atoms with van der Waals surface area (Å²) in [5.41, 5.74) is 0. The van der Waals surface area contributed by atoms with Gasteiger partial charge in [-0.25, -0.2) is 0 Å². The van der Waals surface area contributed by atoms with Crippen LogP contribution in [-0.4, -0.2) is 36.0 Å². The minimum atomic E-state index is 0.150. The zero-order chi connectivity index (χ0) is 11.0. The molecule has 1 N–H and O–H groups in total. The molecule has 2 saturated heterocycles. The van der Waals surface area contributed by atoms with E-state index in [4.69, 9.17) is 0 Å². The highest BCUT2D eigenvalue weighted by molar-refractivity contribution is 5.83. The van der Waals surface area contributed by atoms with Crippen LogP contribution in [0.2, 0.25) is 0 Å². The van der Waals surface area contributed by atoms with Gasteiger partial charge in [-0.05, 0) is 38.0 Å². The van der Waals surface area contributed by atoms with Gasteiger partial charge in [-0.3, -0.25) is 4.79 Å². The largest absolute Gasteiger partial charge is 0.337 e. The first-order valence-electron chi connectivity index (χ1n) is 6.90. The smallest absolute Gasteiger partial charge is 0.240 e. The van der Waals surface area contributed by atoms with Crippen molar-refractivity contribution in [3.63, 3.8) is 0 Å². The lowest BCUT2D eigenvalue weighted by Crippen LogP contribution is -2.63. The lowest BCUT2D eigenvalue weighted by Gasteiger charge is -2.44. The molecule has 16 heavy (non-hydrogen) atoms. The maximum absolute atomic E-state index is 12.4. The number of fused-ring (bicyclic) bond motifs is 1. The van der Waals surface area contributed by atoms with Crippen molar-refractivity contribution in [1.29, 1.82) is 0 Å². The van der Waals surface area contributed by atoms with Gasteiger partial charge in [-0.1, -0.05) is 12.8 Å². The van der Waals surface area contributed by atoms with E-state index < -0.39 is 0 Å². The molecule has 3 aliphatic rings. The van der Waals surface area contributed by atoms with Crippen molar-refractivity contribution in [3.05, 3.63) is 0 Å². The monoisotopic (exact) mass is 222 g/mol. The summed E-state index contributed by atoms with van der Waals surface area (Å²) in [5.74, 6) is 1.03. The number of hydrogen-bond donors (Lipinski definition) is 1. The Labute approximate surface area is 97.6 Å². The Kier molecular flexibility index (Phi) is 2.88. The summed E-state index contributed by atoms with van der Waals surface area (Å²) in [6.07, 6.45) is 8.85. The molecule has 3 rings (SSSR count). The van der Waals surface area contributed by atoms with Crippen LogP contribution >= 0.6 is 0 Å². The summed E-state index contributed by atoms with van der Waals surface area (Å²) in [6.45, 7) is 2.04. The van der Waals surface area contributed by atoms with E-state index in [2.05, 4.69) is 10.2 Å². The molecule has 3 fully saturated rings. The van der Waals surface area contributed by atoms with E-state index in [1.807, 2.05) is 0 Å². The van der Waals surface area contributed by atoms with Gasteiger partial charge in [0.1, 0.15) is 0 Å². The number of rotatable bonds is 1. The molecule has 2 unspecified atom stereocenters. The van der Waals surface area contributed by atoms with Crippen LogP contribution in [0.15, 0.2) is 0 Å². The maximum Gasteiger partial charge on any atom is 0.240 e. The second-order valence-electron chi connectivity index (χ2n) is 5.61. The van der Waals surface area contributed by atoms with Crippen LogP contribution in [0, 0.1) is 5.92 Å². The topological polar surface area (TPSA) is 32.3 Å². The van der Waals surface area contributed by atoms with Crippen molar-refractivity contribution in [2.45, 2.75) is 57.0 Å². The van der Waals surface area contributed by atoms with Crippen LogP contribution in [0.1, 0.15) is 44.9 Å². The molecule has 0 aromatic carbocycles. The molecule has 90 valence electrons. The number of hydrogen-bond acceptors (Lipinski definition) is 2. The summed E-state index contributed by atoms with van der Waals surface area (Å²) in [5, 5.41) is 3.52. The highest BCUT2D eigenvalue weighted by Gasteiger charge is 2.40. The van der Waals surface area contributed by atoms with E-state index in [9.17, 15) is 4.79 Å². The predicted octanol–water partition coefficient (Wildman–Crippen LogP) is 1.53. The predicted molar refractivity (Wildman–Crippen MR) is 63.1 cm³/mol. The average molecular weight is 222 g/mol. The Morgan fingerprint density at radius 1 is 1.06 bits per heavy atom. The van der Waals surface area contributed by atoms with Gasteiger partial charge in [-0.15, -0.1) is 0 Å². The zero-order valence-corrected chi connectivity index (χ0v) is 9.95. The third-order valence-corrected chi connectivity index (χ3v) is 4.62. The van der Waals surface area contributed by atoms with Gasteiger partial charge >= 0.3 is 0 Å². The molecule has 2 aliphatic heterocycles. The molecular formula is C13H22N2O. The Bertz CT molecular complexity index is 273. The lowest BCUT2D eigenvalue weighted by atomic mass is 9.91. The number of nitrogens with one attached hydrogen (secondary N) is 1. The van der Waals surface area contributed by atoms with E-state index in [0.717, 1.165) is 13.1 Å². The maximum atomic E-state index is 12.4. The van der Waals surface area contributed by atoms with Crippen molar-refractivity contribution >= 4 is 5.91 Å². The first-order valence-corrected chi connectivity index (χ1v) is 6.90. The Morgan fingerprint density at radius 3 is 2.62 bits per heavy atom. The standard InChI is InChI=1S/C13H22N2O/c16-13-12(10-5-1-2-6-10)14-9-11-7-3-4-8-15(11)13/h10-12,14H,1-9H2. The quantitative estimate of drug-likeness (QED) is 0.729. The van der Waals surface area contributed by atoms with E-state index >= 15 is 0 Å². The normalized spacial score (nSPS) is 36.5. The molecule has 0 radical (unpaired) electrons. The van der Waals surface area contributed by atoms with Gasteiger partial charge < -0.3 is 10.2 Å². The average Bonchev–Trinajstić information content (AvgIpc) is 2.83. The van der Waals surface area contributed by atoms with Gasteiger partial charge in [0.15, 0.2) is 0 Å². The molecular weight excluding hydrogens is 200 g/mol. The highest BCUT2D eigenvalue weighted by atomic mass is 16.2. The van der Waals surface area contributed by atoms with Crippen molar-refractivity contribution < 1.29 is 4.79 Å². The fraction of sp³-hybridized carbons (Fsp3) is 0.923. The summed E-state index contributed by atoms with van der Waals surface area (Å²) >= 11 is 0. The van der Waals surface area contributed by atoms with Crippen LogP contribution in [0.3, 0.4) is 0 Å². The van der Waals surface area contributed by atoms with Crippen molar-refractivity contribution in [2.24, 2.45) is 5.92 Å². The SMILES string of the molecule is O=C1C(C2CCCC2)NCC2CCCCN12. The molecule has 1 saturated carbocycles. The van der Waals surface area contributed by atoms with Crippen LogP contribution < -0.4 is 5.32 Å². The molecule has 1 amide bonds. The molecule has 0 bridgehead atoms. The second kappa shape index (κ2) is 4.36. The lowest BCUT2D eigenvalue weighted by molar-refractivity contribution is -0.142. The van der Waals surface area contributed by atoms with Gasteiger partial charge in [0.05, 0.1) is 6.04 Å². The minimum absolute atomic E-state index is 0.150. The first-order chi connectivity index (χ1) is 7.86. The third kappa shape index (κ3) is 1.75. The third-order valence-electron chi connectivity index (χ3n) is 4.62. The molecule has 2 atom stereocenters. The molecule has 0 aromatic rings. The fourth-order valence-electron chi connectivity index (χ4n) is 3.69. The van der Waals surface area contributed by atoms with Gasteiger partial charge in [0, 0.05) is 19.1 Å². The van der Waals surface area contributed by atoms with E-state index in [1.165, 1.54) is 44.9 Å². The van der Waals surface area contributed by atoms with Gasteiger partial charge in [-0.2, -0.15) is 0 Å². The Balaban J connectivity index is 1.70. The van der Waals surface area contributed by atoms with Crippen molar-refractivity contribution in [2.75, 3.05) is 13.1 Å². The van der Waals surface area contributed by atoms with Gasteiger partial charge in [0.2, 0.25) is 5.91 Å². The van der Waals surface area contributed by atoms with Crippen LogP contribution in [0.25, 0.3) is 0 Å². The number of carbonyl (C=O) groups is 1.